The zero-order chi connectivity index (χ0) is 13.1. The summed E-state index contributed by atoms with van der Waals surface area (Å²) >= 11 is 11.7. The van der Waals surface area contributed by atoms with Gasteiger partial charge < -0.3 is 4.74 Å². The molecule has 0 atom stereocenters. The monoisotopic (exact) mass is 278 g/mol. The van der Waals surface area contributed by atoms with E-state index in [0.717, 1.165) is 0 Å². The maximum atomic E-state index is 8.87. The standard InChI is InChI=1S/C13H8Cl2N2O/c1-8-2-9(7-16)3-13(17-8)18-12-5-10(14)4-11(15)6-12/h2-6H,1H3. The van der Waals surface area contributed by atoms with Gasteiger partial charge in [0.25, 0.3) is 0 Å². The van der Waals surface area contributed by atoms with Crippen LogP contribution in [0.5, 0.6) is 11.6 Å². The van der Waals surface area contributed by atoms with Crippen LogP contribution < -0.4 is 4.74 Å². The summed E-state index contributed by atoms with van der Waals surface area (Å²) in [5.41, 5.74) is 1.20. The van der Waals surface area contributed by atoms with Crippen molar-refractivity contribution in [1.82, 2.24) is 4.98 Å². The lowest BCUT2D eigenvalue weighted by Crippen LogP contribution is -1.91. The second-order valence-electron chi connectivity index (χ2n) is 3.65. The third kappa shape index (κ3) is 3.13. The molecule has 1 aromatic heterocycles. The number of benzene rings is 1. The highest BCUT2D eigenvalue weighted by molar-refractivity contribution is 6.34. The molecule has 0 spiro atoms. The highest BCUT2D eigenvalue weighted by Gasteiger charge is 2.04. The van der Waals surface area contributed by atoms with E-state index in [1.807, 2.05) is 6.07 Å². The van der Waals surface area contributed by atoms with E-state index >= 15 is 0 Å². The number of hydrogen-bond donors (Lipinski definition) is 0. The summed E-state index contributed by atoms with van der Waals surface area (Å²) in [6, 6.07) is 10.1. The van der Waals surface area contributed by atoms with Crippen molar-refractivity contribution in [2.24, 2.45) is 0 Å². The number of pyridine rings is 1. The van der Waals surface area contributed by atoms with E-state index in [-0.39, 0.29) is 0 Å². The van der Waals surface area contributed by atoms with Crippen LogP contribution in [0.2, 0.25) is 10.0 Å². The van der Waals surface area contributed by atoms with Crippen molar-refractivity contribution in [3.05, 3.63) is 51.6 Å². The fourth-order valence-electron chi connectivity index (χ4n) is 1.46. The first-order valence-corrected chi connectivity index (χ1v) is 5.85. The van der Waals surface area contributed by atoms with Crippen LogP contribution in [0.3, 0.4) is 0 Å². The van der Waals surface area contributed by atoms with Crippen molar-refractivity contribution in [2.75, 3.05) is 0 Å². The number of rotatable bonds is 2. The van der Waals surface area contributed by atoms with Crippen LogP contribution in [0.4, 0.5) is 0 Å². The molecule has 0 fully saturated rings. The SMILES string of the molecule is Cc1cc(C#N)cc(Oc2cc(Cl)cc(Cl)c2)n1. The second kappa shape index (κ2) is 5.26. The zero-order valence-corrected chi connectivity index (χ0v) is 11.0. The van der Waals surface area contributed by atoms with E-state index in [2.05, 4.69) is 4.98 Å². The number of nitrogens with zero attached hydrogens (tertiary/aromatic N) is 2. The molecular weight excluding hydrogens is 271 g/mol. The molecular formula is C13H8Cl2N2O. The van der Waals surface area contributed by atoms with E-state index < -0.39 is 0 Å². The number of aromatic nitrogens is 1. The molecule has 18 heavy (non-hydrogen) atoms. The Labute approximate surface area is 115 Å². The molecule has 2 rings (SSSR count). The fourth-order valence-corrected chi connectivity index (χ4v) is 1.97. The Morgan fingerprint density at radius 2 is 1.78 bits per heavy atom. The lowest BCUT2D eigenvalue weighted by Gasteiger charge is -2.06. The van der Waals surface area contributed by atoms with E-state index in [1.165, 1.54) is 0 Å². The molecule has 1 aromatic carbocycles. The molecule has 0 unspecified atom stereocenters. The molecule has 0 amide bonds. The third-order valence-electron chi connectivity index (χ3n) is 2.12. The van der Waals surface area contributed by atoms with Crippen LogP contribution >= 0.6 is 23.2 Å². The highest BCUT2D eigenvalue weighted by Crippen LogP contribution is 2.27. The van der Waals surface area contributed by atoms with Crippen molar-refractivity contribution >= 4 is 23.2 Å². The molecule has 0 aliphatic heterocycles. The summed E-state index contributed by atoms with van der Waals surface area (Å²) in [7, 11) is 0. The Kier molecular flexibility index (Phi) is 3.71. The van der Waals surface area contributed by atoms with Gasteiger partial charge in [0.15, 0.2) is 0 Å². The molecule has 2 aromatic rings. The number of halogens is 2. The molecule has 0 N–H and O–H groups in total. The Morgan fingerprint density at radius 3 is 2.39 bits per heavy atom. The predicted octanol–water partition coefficient (Wildman–Crippen LogP) is 4.36. The molecule has 5 heteroatoms. The van der Waals surface area contributed by atoms with Crippen molar-refractivity contribution < 1.29 is 4.74 Å². The highest BCUT2D eigenvalue weighted by atomic mass is 35.5. The molecule has 0 saturated heterocycles. The van der Waals surface area contributed by atoms with Crippen LogP contribution in [-0.4, -0.2) is 4.98 Å². The maximum Gasteiger partial charge on any atom is 0.220 e. The van der Waals surface area contributed by atoms with Crippen molar-refractivity contribution in [3.63, 3.8) is 0 Å². The van der Waals surface area contributed by atoms with Crippen LogP contribution in [-0.2, 0) is 0 Å². The summed E-state index contributed by atoms with van der Waals surface area (Å²) < 4.78 is 5.53. The number of aryl methyl sites for hydroxylation is 1. The van der Waals surface area contributed by atoms with Crippen LogP contribution in [0.1, 0.15) is 11.3 Å². The molecule has 0 radical (unpaired) electrons. The summed E-state index contributed by atoms with van der Waals surface area (Å²) in [5.74, 6) is 0.819. The Balaban J connectivity index is 2.34. The van der Waals surface area contributed by atoms with Crippen LogP contribution in [0.15, 0.2) is 30.3 Å². The number of hydrogen-bond acceptors (Lipinski definition) is 3. The first kappa shape index (κ1) is 12.7. The van der Waals surface area contributed by atoms with E-state index in [9.17, 15) is 0 Å². The summed E-state index contributed by atoms with van der Waals surface area (Å²) in [4.78, 5) is 4.18. The molecule has 90 valence electrons. The molecule has 0 aliphatic rings. The topological polar surface area (TPSA) is 45.9 Å². The summed E-state index contributed by atoms with van der Waals surface area (Å²) in [6.45, 7) is 1.79. The third-order valence-corrected chi connectivity index (χ3v) is 2.55. The van der Waals surface area contributed by atoms with Gasteiger partial charge in [-0.1, -0.05) is 23.2 Å². The Morgan fingerprint density at radius 1 is 1.11 bits per heavy atom. The first-order valence-electron chi connectivity index (χ1n) is 5.09. The van der Waals surface area contributed by atoms with Crippen molar-refractivity contribution in [2.45, 2.75) is 6.92 Å². The van der Waals surface area contributed by atoms with Gasteiger partial charge in [-0.3, -0.25) is 0 Å². The van der Waals surface area contributed by atoms with Gasteiger partial charge in [0.2, 0.25) is 5.88 Å². The second-order valence-corrected chi connectivity index (χ2v) is 4.53. The minimum Gasteiger partial charge on any atom is -0.439 e. The average molecular weight is 279 g/mol. The molecule has 0 aliphatic carbocycles. The predicted molar refractivity (Wildman–Crippen MR) is 70.2 cm³/mol. The summed E-state index contributed by atoms with van der Waals surface area (Å²) in [5, 5.41) is 9.82. The first-order chi connectivity index (χ1) is 8.56. The smallest absolute Gasteiger partial charge is 0.220 e. The normalized spacial score (nSPS) is 9.89. The van der Waals surface area contributed by atoms with E-state index in [4.69, 9.17) is 33.2 Å². The van der Waals surface area contributed by atoms with Gasteiger partial charge in [0.05, 0.1) is 11.6 Å². The number of nitriles is 1. The lowest BCUT2D eigenvalue weighted by atomic mass is 10.2. The lowest BCUT2D eigenvalue weighted by molar-refractivity contribution is 0.461. The maximum absolute atomic E-state index is 8.87. The van der Waals surface area contributed by atoms with E-state index in [0.29, 0.717) is 32.9 Å². The van der Waals surface area contributed by atoms with Crippen molar-refractivity contribution in [3.8, 4) is 17.7 Å². The van der Waals surface area contributed by atoms with Gasteiger partial charge in [0, 0.05) is 21.8 Å². The molecule has 0 bridgehead atoms. The minimum atomic E-state index is 0.338. The average Bonchev–Trinajstić information content (AvgIpc) is 2.26. The van der Waals surface area contributed by atoms with Crippen LogP contribution in [0, 0.1) is 18.3 Å². The minimum absolute atomic E-state index is 0.338. The van der Waals surface area contributed by atoms with Crippen molar-refractivity contribution in [1.29, 1.82) is 5.26 Å². The molecule has 0 saturated carbocycles. The zero-order valence-electron chi connectivity index (χ0n) is 9.45. The van der Waals surface area contributed by atoms with Gasteiger partial charge in [-0.15, -0.1) is 0 Å². The largest absolute Gasteiger partial charge is 0.439 e. The van der Waals surface area contributed by atoms with Gasteiger partial charge in [-0.05, 0) is 31.2 Å². The van der Waals surface area contributed by atoms with Gasteiger partial charge >= 0.3 is 0 Å². The van der Waals surface area contributed by atoms with Gasteiger partial charge in [-0.25, -0.2) is 4.98 Å². The Bertz CT molecular complexity index is 615. The number of ether oxygens (including phenoxy) is 1. The van der Waals surface area contributed by atoms with Gasteiger partial charge in [-0.2, -0.15) is 5.26 Å². The van der Waals surface area contributed by atoms with E-state index in [1.54, 1.807) is 37.3 Å². The van der Waals surface area contributed by atoms with Gasteiger partial charge in [0.1, 0.15) is 5.75 Å². The molecule has 1 heterocycles. The quantitative estimate of drug-likeness (QED) is 0.820. The summed E-state index contributed by atoms with van der Waals surface area (Å²) in [6.07, 6.45) is 0. The van der Waals surface area contributed by atoms with Crippen LogP contribution in [0.25, 0.3) is 0 Å². The fraction of sp³-hybridized carbons (Fsp3) is 0.0769. The molecule has 3 nitrogen and oxygen atoms in total. The Hall–Kier alpha value is -1.76.